The highest BCUT2D eigenvalue weighted by Gasteiger charge is 2.31. The van der Waals surface area contributed by atoms with Gasteiger partial charge >= 0.3 is 5.97 Å². The minimum atomic E-state index is -0.716. The molecule has 0 saturated heterocycles. The molecule has 2 heterocycles. The minimum Gasteiger partial charge on any atom is -0.452 e. The number of benzene rings is 3. The van der Waals surface area contributed by atoms with Crippen molar-refractivity contribution in [1.29, 1.82) is 0 Å². The first-order chi connectivity index (χ1) is 16.3. The van der Waals surface area contributed by atoms with Gasteiger partial charge in [-0.25, -0.2) is 4.79 Å². The summed E-state index contributed by atoms with van der Waals surface area (Å²) in [5.41, 5.74) is 1.58. The summed E-state index contributed by atoms with van der Waals surface area (Å²) in [4.78, 5) is 35.9. The number of fused-ring (bicyclic) bond motifs is 2. The summed E-state index contributed by atoms with van der Waals surface area (Å²) in [6.07, 6.45) is 1.43. The van der Waals surface area contributed by atoms with Gasteiger partial charge in [0.25, 0.3) is 5.69 Å². The number of halogens is 1. The molecule has 0 spiro atoms. The van der Waals surface area contributed by atoms with Gasteiger partial charge in [-0.1, -0.05) is 23.7 Å². The molecule has 0 fully saturated rings. The van der Waals surface area contributed by atoms with Crippen molar-refractivity contribution in [2.24, 2.45) is 0 Å². The molecule has 0 N–H and O–H groups in total. The number of esters is 1. The monoisotopic (exact) mass is 475 g/mol. The molecule has 9 heteroatoms. The first kappa shape index (κ1) is 21.4. The quantitative estimate of drug-likeness (QED) is 0.115. The van der Waals surface area contributed by atoms with Crippen molar-refractivity contribution in [3.05, 3.63) is 104 Å². The van der Waals surface area contributed by atoms with Crippen LogP contribution in [-0.4, -0.2) is 16.7 Å². The standard InChI is InChI=1S/C25H14ClNO7/c1-13-19(34-25(29)22-12-15-11-16(26)5-7-20(15)32-22)8-6-18-23(28)21(33-24(13)18)10-14-3-2-4-17(9-14)27(30)31/h2-12H,1H3/b21-10-. The number of hydrogen-bond acceptors (Lipinski definition) is 7. The number of hydrogen-bond donors (Lipinski definition) is 0. The summed E-state index contributed by atoms with van der Waals surface area (Å²) in [5, 5.41) is 12.2. The van der Waals surface area contributed by atoms with E-state index in [9.17, 15) is 19.7 Å². The Kier molecular flexibility index (Phi) is 5.14. The number of allylic oxidation sites excluding steroid dienone is 1. The second-order valence-corrected chi connectivity index (χ2v) is 7.98. The Labute approximate surface area is 197 Å². The number of nitro benzene ring substituents is 1. The molecule has 0 atom stereocenters. The third-order valence-corrected chi connectivity index (χ3v) is 5.53. The van der Waals surface area contributed by atoms with Gasteiger partial charge in [0.05, 0.1) is 10.5 Å². The van der Waals surface area contributed by atoms with Crippen LogP contribution in [0.5, 0.6) is 11.5 Å². The molecule has 4 aromatic rings. The van der Waals surface area contributed by atoms with E-state index >= 15 is 0 Å². The first-order valence-corrected chi connectivity index (χ1v) is 10.4. The van der Waals surface area contributed by atoms with E-state index in [4.69, 9.17) is 25.5 Å². The summed E-state index contributed by atoms with van der Waals surface area (Å²) < 4.78 is 16.8. The maximum Gasteiger partial charge on any atom is 0.379 e. The fourth-order valence-corrected chi connectivity index (χ4v) is 3.80. The van der Waals surface area contributed by atoms with Crippen molar-refractivity contribution in [1.82, 2.24) is 0 Å². The number of Topliss-reactive ketones (excluding diaryl/α,β-unsaturated/α-hetero) is 1. The topological polar surface area (TPSA) is 109 Å². The van der Waals surface area contributed by atoms with E-state index in [2.05, 4.69) is 0 Å². The van der Waals surface area contributed by atoms with Crippen LogP contribution in [0.15, 0.2) is 70.8 Å². The van der Waals surface area contributed by atoms with E-state index in [0.29, 0.717) is 32.7 Å². The predicted octanol–water partition coefficient (Wildman–Crippen LogP) is 6.14. The Morgan fingerprint density at radius 2 is 1.94 bits per heavy atom. The molecule has 0 aliphatic carbocycles. The lowest BCUT2D eigenvalue weighted by Gasteiger charge is -2.09. The summed E-state index contributed by atoms with van der Waals surface area (Å²) in [5.74, 6) is -0.629. The third kappa shape index (κ3) is 3.80. The molecular weight excluding hydrogens is 462 g/mol. The maximum absolute atomic E-state index is 12.8. The molecule has 1 aliphatic rings. The van der Waals surface area contributed by atoms with E-state index in [1.54, 1.807) is 31.2 Å². The molecular formula is C25H14ClNO7. The molecule has 5 rings (SSSR count). The van der Waals surface area contributed by atoms with Crippen molar-refractivity contribution in [3.63, 3.8) is 0 Å². The van der Waals surface area contributed by atoms with Crippen LogP contribution >= 0.6 is 11.6 Å². The average Bonchev–Trinajstić information content (AvgIpc) is 3.37. The second kappa shape index (κ2) is 8.17. The highest BCUT2D eigenvalue weighted by molar-refractivity contribution is 6.31. The van der Waals surface area contributed by atoms with Gasteiger partial charge in [0.2, 0.25) is 11.5 Å². The van der Waals surface area contributed by atoms with Gasteiger partial charge in [0.1, 0.15) is 17.1 Å². The van der Waals surface area contributed by atoms with Crippen molar-refractivity contribution < 1.29 is 28.4 Å². The van der Waals surface area contributed by atoms with Gasteiger partial charge in [0, 0.05) is 28.1 Å². The highest BCUT2D eigenvalue weighted by Crippen LogP contribution is 2.39. The summed E-state index contributed by atoms with van der Waals surface area (Å²) in [6, 6.07) is 15.4. The van der Waals surface area contributed by atoms with Gasteiger partial charge in [-0.15, -0.1) is 0 Å². The second-order valence-electron chi connectivity index (χ2n) is 7.54. The summed E-state index contributed by atoms with van der Waals surface area (Å²) in [7, 11) is 0. The lowest BCUT2D eigenvalue weighted by molar-refractivity contribution is -0.384. The van der Waals surface area contributed by atoms with Gasteiger partial charge in [-0.2, -0.15) is 0 Å². The van der Waals surface area contributed by atoms with Gasteiger partial charge in [0.15, 0.2) is 5.76 Å². The van der Waals surface area contributed by atoms with Crippen molar-refractivity contribution >= 4 is 46.1 Å². The molecule has 168 valence electrons. The van der Waals surface area contributed by atoms with Crippen LogP contribution in [0.4, 0.5) is 5.69 Å². The number of carbonyl (C=O) groups is 2. The molecule has 0 radical (unpaired) electrons. The normalized spacial score (nSPS) is 13.7. The Hall–Kier alpha value is -4.43. The zero-order valence-electron chi connectivity index (χ0n) is 17.5. The lowest BCUT2D eigenvalue weighted by atomic mass is 10.1. The predicted molar refractivity (Wildman–Crippen MR) is 123 cm³/mol. The van der Waals surface area contributed by atoms with E-state index in [1.165, 1.54) is 42.5 Å². The lowest BCUT2D eigenvalue weighted by Crippen LogP contribution is -2.08. The molecule has 1 aromatic heterocycles. The molecule has 34 heavy (non-hydrogen) atoms. The number of rotatable bonds is 4. The van der Waals surface area contributed by atoms with Gasteiger partial charge in [-0.05, 0) is 55.0 Å². The van der Waals surface area contributed by atoms with Crippen molar-refractivity contribution in [2.75, 3.05) is 0 Å². The van der Waals surface area contributed by atoms with E-state index in [1.807, 2.05) is 0 Å². The molecule has 8 nitrogen and oxygen atoms in total. The molecule has 0 unspecified atom stereocenters. The van der Waals surface area contributed by atoms with Crippen LogP contribution in [0.1, 0.15) is 32.0 Å². The number of nitrogens with zero attached hydrogens (tertiary/aromatic N) is 1. The van der Waals surface area contributed by atoms with Crippen LogP contribution < -0.4 is 9.47 Å². The van der Waals surface area contributed by atoms with Crippen LogP contribution in [0, 0.1) is 17.0 Å². The SMILES string of the molecule is Cc1c(OC(=O)c2cc3cc(Cl)ccc3o2)ccc2c1O/C(=C\c1cccc([N+](=O)[O-])c1)C2=O. The van der Waals surface area contributed by atoms with E-state index in [-0.39, 0.29) is 34.5 Å². The maximum atomic E-state index is 12.8. The first-order valence-electron chi connectivity index (χ1n) is 10.0. The van der Waals surface area contributed by atoms with Crippen LogP contribution in [0.25, 0.3) is 17.0 Å². The molecule has 0 bridgehead atoms. The van der Waals surface area contributed by atoms with Crippen LogP contribution in [0.2, 0.25) is 5.02 Å². The highest BCUT2D eigenvalue weighted by atomic mass is 35.5. The number of ether oxygens (including phenoxy) is 2. The zero-order chi connectivity index (χ0) is 24.0. The largest absolute Gasteiger partial charge is 0.452 e. The smallest absolute Gasteiger partial charge is 0.379 e. The van der Waals surface area contributed by atoms with E-state index < -0.39 is 10.9 Å². The fraction of sp³-hybridized carbons (Fsp3) is 0.0400. The Bertz CT molecular complexity index is 1550. The van der Waals surface area contributed by atoms with E-state index in [0.717, 1.165) is 0 Å². The Morgan fingerprint density at radius 1 is 1.12 bits per heavy atom. The molecule has 3 aromatic carbocycles. The number of non-ortho nitro benzene ring substituents is 1. The van der Waals surface area contributed by atoms with Gasteiger partial charge in [-0.3, -0.25) is 14.9 Å². The number of ketones is 1. The number of nitro groups is 1. The summed E-state index contributed by atoms with van der Waals surface area (Å²) >= 11 is 5.97. The van der Waals surface area contributed by atoms with Crippen molar-refractivity contribution in [3.8, 4) is 11.5 Å². The molecule has 0 amide bonds. The molecule has 0 saturated carbocycles. The van der Waals surface area contributed by atoms with Crippen LogP contribution in [0.3, 0.4) is 0 Å². The van der Waals surface area contributed by atoms with Crippen LogP contribution in [-0.2, 0) is 0 Å². The van der Waals surface area contributed by atoms with Gasteiger partial charge < -0.3 is 13.9 Å². The Morgan fingerprint density at radius 3 is 2.74 bits per heavy atom. The van der Waals surface area contributed by atoms with Crippen molar-refractivity contribution in [2.45, 2.75) is 6.92 Å². The third-order valence-electron chi connectivity index (χ3n) is 5.30. The summed E-state index contributed by atoms with van der Waals surface area (Å²) in [6.45, 7) is 1.66. The zero-order valence-corrected chi connectivity index (χ0v) is 18.3. The Balaban J connectivity index is 1.41. The minimum absolute atomic E-state index is 0.000386. The average molecular weight is 476 g/mol. The fourth-order valence-electron chi connectivity index (χ4n) is 3.62. The number of carbonyl (C=O) groups excluding carboxylic acids is 2. The number of furan rings is 1. The molecule has 1 aliphatic heterocycles.